The van der Waals surface area contributed by atoms with Gasteiger partial charge in [-0.05, 0) is 81.5 Å². The van der Waals surface area contributed by atoms with Crippen LogP contribution < -0.4 is 10.6 Å². The van der Waals surface area contributed by atoms with Crippen molar-refractivity contribution < 1.29 is 31.4 Å². The van der Waals surface area contributed by atoms with Gasteiger partial charge < -0.3 is 9.53 Å². The first-order valence-electron chi connectivity index (χ1n) is 15.0. The largest absolute Gasteiger partial charge is 0.457 e. The molecule has 0 bridgehead atoms. The molecule has 2 aliphatic rings. The monoisotopic (exact) mass is 682 g/mol. The van der Waals surface area contributed by atoms with Crippen molar-refractivity contribution >= 4 is 46.9 Å². The van der Waals surface area contributed by atoms with E-state index in [-0.39, 0.29) is 29.0 Å². The van der Waals surface area contributed by atoms with Gasteiger partial charge in [-0.2, -0.15) is 0 Å². The third kappa shape index (κ3) is 12.8. The van der Waals surface area contributed by atoms with Gasteiger partial charge in [0.2, 0.25) is 0 Å². The summed E-state index contributed by atoms with van der Waals surface area (Å²) in [6, 6.07) is 22.5. The SMILES string of the molecule is C=C(C[Si](C)(C)C)[C@H](OC(=O)[C]1[CH][CH][CH][C]1P(c1ccccc1)c1ccccc1)[C@H](CC=O)C[Si](C)(C)C.[CH]1[CH][CH][CH][CH]1.[Fe]. The third-order valence-electron chi connectivity index (χ3n) is 6.93. The molecule has 234 valence electrons. The van der Waals surface area contributed by atoms with E-state index in [1.807, 2.05) is 81.3 Å². The van der Waals surface area contributed by atoms with Gasteiger partial charge in [0.25, 0.3) is 0 Å². The van der Waals surface area contributed by atoms with E-state index in [1.54, 1.807) is 0 Å². The molecule has 2 saturated carbocycles. The average Bonchev–Trinajstić information content (AvgIpc) is 3.67. The second-order valence-electron chi connectivity index (χ2n) is 13.4. The van der Waals surface area contributed by atoms with E-state index in [1.165, 1.54) is 10.6 Å². The molecule has 2 atom stereocenters. The Morgan fingerprint density at radius 2 is 1.30 bits per heavy atom. The molecule has 2 aliphatic carbocycles. The zero-order valence-electron chi connectivity index (χ0n) is 27.0. The molecule has 3 nitrogen and oxygen atoms in total. The molecule has 7 heteroatoms. The number of benzene rings is 2. The van der Waals surface area contributed by atoms with Crippen molar-refractivity contribution in [2.45, 2.75) is 63.9 Å². The van der Waals surface area contributed by atoms with Crippen LogP contribution in [0.4, 0.5) is 0 Å². The van der Waals surface area contributed by atoms with E-state index >= 15 is 0 Å². The normalized spacial score (nSPS) is 17.2. The number of hydrogen-bond donors (Lipinski definition) is 0. The molecule has 2 fully saturated rings. The molecular weight excluding hydrogens is 635 g/mol. The Morgan fingerprint density at radius 3 is 1.73 bits per heavy atom. The molecule has 2 aromatic carbocycles. The average molecular weight is 683 g/mol. The first kappa shape index (κ1) is 38.9. The molecule has 0 saturated heterocycles. The van der Waals surface area contributed by atoms with Gasteiger partial charge in [0.05, 0.1) is 0 Å². The molecule has 10 radical (unpaired) electrons. The van der Waals surface area contributed by atoms with Crippen molar-refractivity contribution in [3.05, 3.63) is 136 Å². The molecule has 44 heavy (non-hydrogen) atoms. The maximum Gasteiger partial charge on any atom is 0.315 e. The molecule has 0 aromatic heterocycles. The summed E-state index contributed by atoms with van der Waals surface area (Å²) in [5.74, 6) is 0.236. The molecule has 0 spiro atoms. The maximum absolute atomic E-state index is 13.9. The summed E-state index contributed by atoms with van der Waals surface area (Å²) in [4.78, 5) is 25.7. The van der Waals surface area contributed by atoms with Crippen molar-refractivity contribution in [2.24, 2.45) is 5.92 Å². The summed E-state index contributed by atoms with van der Waals surface area (Å²) in [6.07, 6.45) is 16.8. The van der Waals surface area contributed by atoms with Crippen LogP contribution in [-0.4, -0.2) is 34.5 Å². The number of carbonyl (C=O) groups is 2. The molecule has 2 aromatic rings. The smallest absolute Gasteiger partial charge is 0.315 e. The minimum atomic E-state index is -1.54. The molecule has 0 N–H and O–H groups in total. The second-order valence-corrected chi connectivity index (χ2v) is 26.6. The van der Waals surface area contributed by atoms with Crippen molar-refractivity contribution in [1.29, 1.82) is 0 Å². The van der Waals surface area contributed by atoms with Gasteiger partial charge in [0.1, 0.15) is 18.3 Å². The summed E-state index contributed by atoms with van der Waals surface area (Å²) in [7, 11) is -3.98. The van der Waals surface area contributed by atoms with E-state index in [0.717, 1.165) is 29.6 Å². The van der Waals surface area contributed by atoms with Crippen LogP contribution in [0.2, 0.25) is 51.4 Å². The zero-order chi connectivity index (χ0) is 31.5. The summed E-state index contributed by atoms with van der Waals surface area (Å²) < 4.78 is 6.38. The first-order valence-corrected chi connectivity index (χ1v) is 23.8. The minimum Gasteiger partial charge on any atom is -0.457 e. The molecular formula is C37H47FeO3PSi2. The molecule has 0 amide bonds. The number of hydrogen-bond acceptors (Lipinski definition) is 3. The Morgan fingerprint density at radius 1 is 0.795 bits per heavy atom. The Kier molecular flexibility index (Phi) is 16.6. The van der Waals surface area contributed by atoms with E-state index in [2.05, 4.69) is 76.5 Å². The summed E-state index contributed by atoms with van der Waals surface area (Å²) >= 11 is 0. The van der Waals surface area contributed by atoms with Gasteiger partial charge in [-0.3, -0.25) is 4.79 Å². The van der Waals surface area contributed by atoms with Gasteiger partial charge in [0.15, 0.2) is 0 Å². The van der Waals surface area contributed by atoms with E-state index in [4.69, 9.17) is 4.74 Å². The summed E-state index contributed by atoms with van der Waals surface area (Å²) in [5, 5.41) is 2.37. The van der Waals surface area contributed by atoms with Crippen molar-refractivity contribution in [2.75, 3.05) is 0 Å². The predicted molar refractivity (Wildman–Crippen MR) is 189 cm³/mol. The Labute approximate surface area is 282 Å². The first-order chi connectivity index (χ1) is 20.4. The van der Waals surface area contributed by atoms with Crippen molar-refractivity contribution in [3.63, 3.8) is 0 Å². The second kappa shape index (κ2) is 18.8. The Balaban J connectivity index is 0.00000102. The fourth-order valence-corrected chi connectivity index (χ4v) is 11.3. The topological polar surface area (TPSA) is 43.4 Å². The predicted octanol–water partition coefficient (Wildman–Crippen LogP) is 8.22. The molecule has 0 aliphatic heterocycles. The van der Waals surface area contributed by atoms with Crippen LogP contribution in [0.3, 0.4) is 0 Å². The Hall–Kier alpha value is -1.30. The summed E-state index contributed by atoms with van der Waals surface area (Å²) in [5.41, 5.74) is 1.94. The number of esters is 1. The van der Waals surface area contributed by atoms with Crippen LogP contribution in [-0.2, 0) is 31.4 Å². The molecule has 4 rings (SSSR count). The van der Waals surface area contributed by atoms with Gasteiger partial charge in [-0.15, -0.1) is 0 Å². The fraction of sp³-hybridized carbons (Fsp3) is 0.297. The number of carbonyl (C=O) groups excluding carboxylic acids is 2. The molecule has 0 heterocycles. The van der Waals surface area contributed by atoms with Gasteiger partial charge in [-0.25, -0.2) is 0 Å². The Bertz CT molecular complexity index is 1100. The maximum atomic E-state index is 13.9. The molecule has 0 unspecified atom stereocenters. The van der Waals surface area contributed by atoms with Crippen LogP contribution >= 0.6 is 7.92 Å². The third-order valence-corrected chi connectivity index (χ3v) is 12.7. The van der Waals surface area contributed by atoms with Gasteiger partial charge in [0, 0.05) is 51.2 Å². The van der Waals surface area contributed by atoms with Crippen LogP contribution in [0.1, 0.15) is 6.42 Å². The van der Waals surface area contributed by atoms with Crippen LogP contribution in [0.5, 0.6) is 0 Å². The van der Waals surface area contributed by atoms with E-state index in [0.29, 0.717) is 12.3 Å². The minimum absolute atomic E-state index is 0. The van der Waals surface area contributed by atoms with Gasteiger partial charge >= 0.3 is 5.97 Å². The zero-order valence-corrected chi connectivity index (χ0v) is 31.0. The van der Waals surface area contributed by atoms with E-state index < -0.39 is 30.2 Å². The fourth-order valence-electron chi connectivity index (χ4n) is 5.38. The van der Waals surface area contributed by atoms with E-state index in [9.17, 15) is 9.59 Å². The van der Waals surface area contributed by atoms with Crippen molar-refractivity contribution in [3.8, 4) is 0 Å². The number of ether oxygens (including phenoxy) is 1. The van der Waals surface area contributed by atoms with Crippen LogP contribution in [0, 0.1) is 68.9 Å². The van der Waals surface area contributed by atoms with Crippen LogP contribution in [0.25, 0.3) is 0 Å². The van der Waals surface area contributed by atoms with Gasteiger partial charge in [-0.1, -0.05) is 113 Å². The quantitative estimate of drug-likeness (QED) is 0.0704. The number of aldehydes is 1. The standard InChI is InChI=1S/C32H42O3PSi2.C5H5.Fe/c1-25(23-37(2,3)4)31(26(21-22-33)24-38(5,6)7)35-32(34)29-19-14-20-30(29)36(27-15-10-8-11-16-27)28-17-12-9-13-18-28;1-2-4-5-3-1;/h8-20,22,26,31H,1,21,23-24H2,2-7H3;1-5H;/t26-,31+;;/m1../s1. The van der Waals surface area contributed by atoms with Crippen molar-refractivity contribution in [1.82, 2.24) is 0 Å². The summed E-state index contributed by atoms with van der Waals surface area (Å²) in [6.45, 7) is 18.2. The number of rotatable bonds is 13. The van der Waals surface area contributed by atoms with Crippen LogP contribution in [0.15, 0.2) is 72.8 Å².